The van der Waals surface area contributed by atoms with Crippen molar-refractivity contribution in [3.05, 3.63) is 0 Å². The van der Waals surface area contributed by atoms with Crippen LogP contribution in [0.25, 0.3) is 0 Å². The summed E-state index contributed by atoms with van der Waals surface area (Å²) < 4.78 is 5.37. The Morgan fingerprint density at radius 3 is 2.37 bits per heavy atom. The molecule has 1 unspecified atom stereocenters. The summed E-state index contributed by atoms with van der Waals surface area (Å²) in [5.74, 6) is 1.06. The van der Waals surface area contributed by atoms with Crippen LogP contribution in [0.2, 0.25) is 0 Å². The number of Topliss-reactive ketones (excluding diaryl/α,β-unsaturated/α-hetero) is 2. The molecule has 106 valence electrons. The number of carbonyl (C=O) groups excluding carboxylic acids is 2. The zero-order chi connectivity index (χ0) is 13.3. The highest BCUT2D eigenvalue weighted by molar-refractivity contribution is 6.12. The third kappa shape index (κ3) is 2.48. The van der Waals surface area contributed by atoms with Crippen LogP contribution < -0.4 is 5.32 Å². The van der Waals surface area contributed by atoms with Crippen LogP contribution in [0.1, 0.15) is 44.9 Å². The molecular weight excluding hydrogens is 242 g/mol. The van der Waals surface area contributed by atoms with Gasteiger partial charge < -0.3 is 10.1 Å². The standard InChI is InChI=1S/C15H23NO3/c17-13-1-2-14(18)15(13)6-3-12(4-7-15)16-9-11-5-8-19-10-11/h11-12,16H,1-10H2. The van der Waals surface area contributed by atoms with E-state index in [1.165, 1.54) is 0 Å². The Balaban J connectivity index is 1.49. The molecule has 0 radical (unpaired) electrons. The zero-order valence-corrected chi connectivity index (χ0v) is 11.5. The fraction of sp³-hybridized carbons (Fsp3) is 0.867. The molecule has 0 amide bonds. The minimum Gasteiger partial charge on any atom is -0.381 e. The van der Waals surface area contributed by atoms with Crippen LogP contribution in [0.4, 0.5) is 0 Å². The van der Waals surface area contributed by atoms with E-state index < -0.39 is 5.41 Å². The molecule has 3 rings (SSSR count). The minimum absolute atomic E-state index is 0.208. The summed E-state index contributed by atoms with van der Waals surface area (Å²) in [6, 6.07) is 0.479. The van der Waals surface area contributed by atoms with E-state index in [2.05, 4.69) is 5.32 Å². The van der Waals surface area contributed by atoms with Crippen molar-refractivity contribution in [1.82, 2.24) is 5.32 Å². The van der Waals surface area contributed by atoms with Crippen LogP contribution in [-0.2, 0) is 14.3 Å². The molecule has 0 aromatic rings. The maximum atomic E-state index is 12.0. The van der Waals surface area contributed by atoms with Gasteiger partial charge in [0.15, 0.2) is 0 Å². The summed E-state index contributed by atoms with van der Waals surface area (Å²) in [4.78, 5) is 24.0. The molecule has 1 spiro atoms. The quantitative estimate of drug-likeness (QED) is 0.785. The van der Waals surface area contributed by atoms with Crippen molar-refractivity contribution in [1.29, 1.82) is 0 Å². The maximum absolute atomic E-state index is 12.0. The first-order valence-electron chi connectivity index (χ1n) is 7.58. The Morgan fingerprint density at radius 1 is 1.11 bits per heavy atom. The van der Waals surface area contributed by atoms with Crippen molar-refractivity contribution >= 4 is 11.6 Å². The van der Waals surface area contributed by atoms with E-state index in [-0.39, 0.29) is 11.6 Å². The van der Waals surface area contributed by atoms with E-state index in [1.54, 1.807) is 0 Å². The van der Waals surface area contributed by atoms with E-state index in [4.69, 9.17) is 4.74 Å². The van der Waals surface area contributed by atoms with Gasteiger partial charge in [-0.2, -0.15) is 0 Å². The van der Waals surface area contributed by atoms with Crippen LogP contribution in [0.15, 0.2) is 0 Å². The second kappa shape index (κ2) is 5.33. The molecule has 4 heteroatoms. The lowest BCUT2D eigenvalue weighted by atomic mass is 9.70. The molecule has 0 bridgehead atoms. The maximum Gasteiger partial charge on any atom is 0.146 e. The molecule has 1 aliphatic heterocycles. The lowest BCUT2D eigenvalue weighted by Crippen LogP contribution is -2.43. The highest BCUT2D eigenvalue weighted by Crippen LogP contribution is 2.44. The number of nitrogens with one attached hydrogen (secondary N) is 1. The molecule has 3 fully saturated rings. The molecule has 1 saturated heterocycles. The summed E-state index contributed by atoms with van der Waals surface area (Å²) in [5.41, 5.74) is -0.575. The highest BCUT2D eigenvalue weighted by Gasteiger charge is 2.50. The molecule has 2 saturated carbocycles. The molecule has 1 heterocycles. The van der Waals surface area contributed by atoms with E-state index >= 15 is 0 Å². The Labute approximate surface area is 114 Å². The van der Waals surface area contributed by atoms with Gasteiger partial charge in [0.2, 0.25) is 0 Å². The van der Waals surface area contributed by atoms with Crippen molar-refractivity contribution in [2.75, 3.05) is 19.8 Å². The third-order valence-corrected chi connectivity index (χ3v) is 5.20. The van der Waals surface area contributed by atoms with Crippen molar-refractivity contribution in [2.45, 2.75) is 51.0 Å². The second-order valence-electron chi connectivity index (χ2n) is 6.34. The second-order valence-corrected chi connectivity index (χ2v) is 6.34. The number of hydrogen-bond acceptors (Lipinski definition) is 4. The van der Waals surface area contributed by atoms with Gasteiger partial charge >= 0.3 is 0 Å². The summed E-state index contributed by atoms with van der Waals surface area (Å²) in [7, 11) is 0. The van der Waals surface area contributed by atoms with Gasteiger partial charge in [-0.1, -0.05) is 0 Å². The molecule has 19 heavy (non-hydrogen) atoms. The van der Waals surface area contributed by atoms with Gasteiger partial charge in [-0.3, -0.25) is 9.59 Å². The lowest BCUT2D eigenvalue weighted by molar-refractivity contribution is -0.137. The van der Waals surface area contributed by atoms with Gasteiger partial charge in [0, 0.05) is 32.0 Å². The van der Waals surface area contributed by atoms with E-state index in [9.17, 15) is 9.59 Å². The van der Waals surface area contributed by atoms with Crippen molar-refractivity contribution in [3.63, 3.8) is 0 Å². The number of rotatable bonds is 3. The molecule has 1 atom stereocenters. The Hall–Kier alpha value is -0.740. The first kappa shape index (κ1) is 13.3. The van der Waals surface area contributed by atoms with Gasteiger partial charge in [-0.25, -0.2) is 0 Å². The first-order valence-corrected chi connectivity index (χ1v) is 7.58. The minimum atomic E-state index is -0.575. The zero-order valence-electron chi connectivity index (χ0n) is 11.5. The average Bonchev–Trinajstić information content (AvgIpc) is 3.03. The first-order chi connectivity index (χ1) is 9.21. The van der Waals surface area contributed by atoms with Crippen LogP contribution in [0.5, 0.6) is 0 Å². The van der Waals surface area contributed by atoms with Crippen LogP contribution in [0.3, 0.4) is 0 Å². The third-order valence-electron chi connectivity index (χ3n) is 5.20. The number of ether oxygens (including phenoxy) is 1. The molecular formula is C15H23NO3. The fourth-order valence-corrected chi connectivity index (χ4v) is 3.81. The molecule has 3 aliphatic rings. The molecule has 4 nitrogen and oxygen atoms in total. The normalized spacial score (nSPS) is 31.5. The lowest BCUT2D eigenvalue weighted by Gasteiger charge is -2.35. The van der Waals surface area contributed by atoms with Gasteiger partial charge in [0.05, 0.1) is 12.0 Å². The van der Waals surface area contributed by atoms with Gasteiger partial charge in [-0.05, 0) is 38.0 Å². The van der Waals surface area contributed by atoms with Crippen molar-refractivity contribution in [2.24, 2.45) is 11.3 Å². The van der Waals surface area contributed by atoms with Crippen molar-refractivity contribution in [3.8, 4) is 0 Å². The summed E-state index contributed by atoms with van der Waals surface area (Å²) in [6.45, 7) is 2.78. The van der Waals surface area contributed by atoms with Gasteiger partial charge in [0.1, 0.15) is 11.6 Å². The monoisotopic (exact) mass is 265 g/mol. The fourth-order valence-electron chi connectivity index (χ4n) is 3.81. The Kier molecular flexibility index (Phi) is 3.72. The Morgan fingerprint density at radius 2 is 1.79 bits per heavy atom. The molecule has 0 aromatic heterocycles. The van der Waals surface area contributed by atoms with Crippen molar-refractivity contribution < 1.29 is 14.3 Å². The SMILES string of the molecule is O=C1CCC(=O)C12CCC(NCC1CCOC1)CC2. The van der Waals surface area contributed by atoms with Crippen LogP contribution in [-0.4, -0.2) is 37.4 Å². The predicted octanol–water partition coefficient (Wildman–Crippen LogP) is 1.47. The summed E-state index contributed by atoms with van der Waals surface area (Å²) >= 11 is 0. The molecule has 2 aliphatic carbocycles. The van der Waals surface area contributed by atoms with Gasteiger partial charge in [0.25, 0.3) is 0 Å². The smallest absolute Gasteiger partial charge is 0.146 e. The summed E-state index contributed by atoms with van der Waals surface area (Å²) in [6.07, 6.45) is 5.58. The highest BCUT2D eigenvalue weighted by atomic mass is 16.5. The van der Waals surface area contributed by atoms with Gasteiger partial charge in [-0.15, -0.1) is 0 Å². The van der Waals surface area contributed by atoms with E-state index in [0.29, 0.717) is 24.8 Å². The number of carbonyl (C=O) groups is 2. The van der Waals surface area contributed by atoms with E-state index in [0.717, 1.165) is 51.9 Å². The topological polar surface area (TPSA) is 55.4 Å². The van der Waals surface area contributed by atoms with E-state index in [1.807, 2.05) is 0 Å². The number of ketones is 2. The molecule has 1 N–H and O–H groups in total. The largest absolute Gasteiger partial charge is 0.381 e. The van der Waals surface area contributed by atoms with Crippen LogP contribution >= 0.6 is 0 Å². The molecule has 0 aromatic carbocycles. The Bertz CT molecular complexity index is 348. The van der Waals surface area contributed by atoms with Crippen LogP contribution in [0, 0.1) is 11.3 Å². The average molecular weight is 265 g/mol. The summed E-state index contributed by atoms with van der Waals surface area (Å²) in [5, 5.41) is 3.60. The predicted molar refractivity (Wildman–Crippen MR) is 70.9 cm³/mol. The number of hydrogen-bond donors (Lipinski definition) is 1.